The maximum atomic E-state index is 14.1. The summed E-state index contributed by atoms with van der Waals surface area (Å²) >= 11 is 6.26. The molecule has 27 heavy (non-hydrogen) atoms. The number of halogens is 2. The summed E-state index contributed by atoms with van der Waals surface area (Å²) in [6, 6.07) is 11.8. The van der Waals surface area contributed by atoms with Gasteiger partial charge in [-0.2, -0.15) is 0 Å². The minimum atomic E-state index is -0.259. The molecule has 2 aromatic carbocycles. The van der Waals surface area contributed by atoms with Gasteiger partial charge in [-0.3, -0.25) is 4.79 Å². The van der Waals surface area contributed by atoms with E-state index in [2.05, 4.69) is 19.2 Å². The number of nitrogens with zero attached hydrogens (tertiary/aromatic N) is 1. The highest BCUT2D eigenvalue weighted by atomic mass is 35.5. The van der Waals surface area contributed by atoms with Crippen LogP contribution in [0, 0.1) is 5.82 Å². The predicted octanol–water partition coefficient (Wildman–Crippen LogP) is 5.18. The van der Waals surface area contributed by atoms with Crippen molar-refractivity contribution in [2.24, 2.45) is 0 Å². The summed E-state index contributed by atoms with van der Waals surface area (Å²) in [7, 11) is 0. The summed E-state index contributed by atoms with van der Waals surface area (Å²) in [5, 5.41) is 3.78. The van der Waals surface area contributed by atoms with Gasteiger partial charge in [0, 0.05) is 17.6 Å². The SMILES string of the molecule is CCNCCCC1(CC)CN(C(=O)c2ccccc2Cl)c2ccc(F)cc21. The normalized spacial score (nSPS) is 18.6. The van der Waals surface area contributed by atoms with Crippen LogP contribution in [0.25, 0.3) is 0 Å². The summed E-state index contributed by atoms with van der Waals surface area (Å²) < 4.78 is 14.1. The molecule has 1 unspecified atom stereocenters. The van der Waals surface area contributed by atoms with Gasteiger partial charge in [-0.1, -0.05) is 37.6 Å². The van der Waals surface area contributed by atoms with E-state index in [1.807, 2.05) is 12.1 Å². The third-order valence-electron chi connectivity index (χ3n) is 5.57. The van der Waals surface area contributed by atoms with Gasteiger partial charge in [-0.25, -0.2) is 4.39 Å². The van der Waals surface area contributed by atoms with Crippen molar-refractivity contribution < 1.29 is 9.18 Å². The van der Waals surface area contributed by atoms with Gasteiger partial charge in [0.25, 0.3) is 5.91 Å². The Morgan fingerprint density at radius 1 is 1.26 bits per heavy atom. The maximum absolute atomic E-state index is 14.1. The number of anilines is 1. The minimum absolute atomic E-state index is 0.129. The summed E-state index contributed by atoms with van der Waals surface area (Å²) in [5.74, 6) is -0.388. The van der Waals surface area contributed by atoms with Crippen LogP contribution in [-0.2, 0) is 5.41 Å². The Bertz CT molecular complexity index is 826. The topological polar surface area (TPSA) is 32.3 Å². The Morgan fingerprint density at radius 3 is 2.74 bits per heavy atom. The fourth-order valence-electron chi connectivity index (χ4n) is 4.02. The Labute approximate surface area is 165 Å². The molecule has 1 atom stereocenters. The van der Waals surface area contributed by atoms with E-state index >= 15 is 0 Å². The van der Waals surface area contributed by atoms with Crippen molar-refractivity contribution in [2.75, 3.05) is 24.5 Å². The van der Waals surface area contributed by atoms with Gasteiger partial charge in [0.05, 0.1) is 10.6 Å². The number of amides is 1. The fourth-order valence-corrected chi connectivity index (χ4v) is 4.24. The van der Waals surface area contributed by atoms with E-state index in [0.717, 1.165) is 43.6 Å². The standard InChI is InChI=1S/C22H26ClFN2O/c1-3-22(12-7-13-25-4-2)15-26(20-11-10-16(24)14-18(20)22)21(27)17-8-5-6-9-19(17)23/h5-6,8-11,14,25H,3-4,7,12-13,15H2,1-2H3. The zero-order chi connectivity index (χ0) is 19.4. The van der Waals surface area contributed by atoms with Crippen LogP contribution in [0.5, 0.6) is 0 Å². The fraction of sp³-hybridized carbons (Fsp3) is 0.409. The average molecular weight is 389 g/mol. The van der Waals surface area contributed by atoms with Crippen LogP contribution >= 0.6 is 11.6 Å². The minimum Gasteiger partial charge on any atom is -0.317 e. The maximum Gasteiger partial charge on any atom is 0.259 e. The number of rotatable bonds is 7. The number of hydrogen-bond acceptors (Lipinski definition) is 2. The lowest BCUT2D eigenvalue weighted by atomic mass is 9.76. The highest BCUT2D eigenvalue weighted by molar-refractivity contribution is 6.34. The highest BCUT2D eigenvalue weighted by Crippen LogP contribution is 2.46. The van der Waals surface area contributed by atoms with E-state index in [1.54, 1.807) is 29.2 Å². The van der Waals surface area contributed by atoms with Crippen molar-refractivity contribution in [1.29, 1.82) is 0 Å². The Morgan fingerprint density at radius 2 is 2.04 bits per heavy atom. The second kappa shape index (κ2) is 8.41. The van der Waals surface area contributed by atoms with Crippen molar-refractivity contribution in [2.45, 2.75) is 38.5 Å². The molecule has 0 bridgehead atoms. The summed E-state index contributed by atoms with van der Waals surface area (Å²) in [6.45, 7) is 6.60. The summed E-state index contributed by atoms with van der Waals surface area (Å²) in [5.41, 5.74) is 1.98. The van der Waals surface area contributed by atoms with E-state index in [0.29, 0.717) is 17.1 Å². The quantitative estimate of drug-likeness (QED) is 0.663. The third-order valence-corrected chi connectivity index (χ3v) is 5.90. The number of carbonyl (C=O) groups is 1. The Balaban J connectivity index is 1.96. The van der Waals surface area contributed by atoms with E-state index in [1.165, 1.54) is 6.07 Å². The number of carbonyl (C=O) groups excluding carboxylic acids is 1. The van der Waals surface area contributed by atoms with Crippen molar-refractivity contribution >= 4 is 23.2 Å². The average Bonchev–Trinajstić information content (AvgIpc) is 2.99. The van der Waals surface area contributed by atoms with Crippen molar-refractivity contribution in [3.8, 4) is 0 Å². The molecule has 5 heteroatoms. The molecule has 1 aliphatic rings. The van der Waals surface area contributed by atoms with Gasteiger partial charge in [-0.15, -0.1) is 0 Å². The lowest BCUT2D eigenvalue weighted by molar-refractivity contribution is 0.0984. The van der Waals surface area contributed by atoms with E-state index < -0.39 is 0 Å². The Hall–Kier alpha value is -1.91. The van der Waals surface area contributed by atoms with Crippen molar-refractivity contribution in [1.82, 2.24) is 5.32 Å². The first-order chi connectivity index (χ1) is 13.0. The van der Waals surface area contributed by atoms with Crippen LogP contribution in [0.4, 0.5) is 10.1 Å². The molecule has 0 aromatic heterocycles. The molecule has 1 heterocycles. The van der Waals surface area contributed by atoms with Gasteiger partial charge in [-0.05, 0) is 68.2 Å². The number of hydrogen-bond donors (Lipinski definition) is 1. The van der Waals surface area contributed by atoms with Crippen LogP contribution in [-0.4, -0.2) is 25.5 Å². The smallest absolute Gasteiger partial charge is 0.259 e. The van der Waals surface area contributed by atoms with Crippen molar-refractivity contribution in [3.63, 3.8) is 0 Å². The first-order valence-electron chi connectivity index (χ1n) is 9.59. The van der Waals surface area contributed by atoms with Crippen molar-refractivity contribution in [3.05, 3.63) is 64.4 Å². The van der Waals surface area contributed by atoms with Gasteiger partial charge in [0.2, 0.25) is 0 Å². The van der Waals surface area contributed by atoms with E-state index in [4.69, 9.17) is 11.6 Å². The molecule has 1 amide bonds. The monoisotopic (exact) mass is 388 g/mol. The molecule has 144 valence electrons. The van der Waals surface area contributed by atoms with E-state index in [9.17, 15) is 9.18 Å². The first kappa shape index (κ1) is 19.8. The Kier molecular flexibility index (Phi) is 6.18. The summed E-state index contributed by atoms with van der Waals surface area (Å²) in [4.78, 5) is 15.0. The van der Waals surface area contributed by atoms with Gasteiger partial charge >= 0.3 is 0 Å². The predicted molar refractivity (Wildman–Crippen MR) is 109 cm³/mol. The molecule has 0 aliphatic carbocycles. The van der Waals surface area contributed by atoms with Gasteiger partial charge in [0.15, 0.2) is 0 Å². The zero-order valence-electron chi connectivity index (χ0n) is 15.9. The molecule has 2 aromatic rings. The van der Waals surface area contributed by atoms with Crippen LogP contribution in [0.1, 0.15) is 49.0 Å². The van der Waals surface area contributed by atoms with Crippen LogP contribution in [0.2, 0.25) is 5.02 Å². The molecular formula is C22H26ClFN2O. The number of nitrogens with one attached hydrogen (secondary N) is 1. The summed E-state index contributed by atoms with van der Waals surface area (Å²) in [6.07, 6.45) is 2.73. The highest BCUT2D eigenvalue weighted by Gasteiger charge is 2.43. The second-order valence-corrected chi connectivity index (χ2v) is 7.53. The molecule has 3 nitrogen and oxygen atoms in total. The van der Waals surface area contributed by atoms with Gasteiger partial charge < -0.3 is 10.2 Å². The molecule has 0 fully saturated rings. The second-order valence-electron chi connectivity index (χ2n) is 7.12. The number of benzene rings is 2. The number of fused-ring (bicyclic) bond motifs is 1. The molecule has 0 spiro atoms. The van der Waals surface area contributed by atoms with Crippen LogP contribution < -0.4 is 10.2 Å². The lowest BCUT2D eigenvalue weighted by Gasteiger charge is -2.29. The molecule has 3 rings (SSSR count). The molecular weight excluding hydrogens is 363 g/mol. The molecule has 0 radical (unpaired) electrons. The first-order valence-corrected chi connectivity index (χ1v) is 9.97. The van der Waals surface area contributed by atoms with Crippen LogP contribution in [0.15, 0.2) is 42.5 Å². The molecule has 1 aliphatic heterocycles. The zero-order valence-corrected chi connectivity index (χ0v) is 16.7. The molecule has 0 saturated heterocycles. The van der Waals surface area contributed by atoms with Crippen LogP contribution in [0.3, 0.4) is 0 Å². The largest absolute Gasteiger partial charge is 0.317 e. The lowest BCUT2D eigenvalue weighted by Crippen LogP contribution is -2.37. The third kappa shape index (κ3) is 3.87. The van der Waals surface area contributed by atoms with Gasteiger partial charge in [0.1, 0.15) is 5.82 Å². The molecule has 1 N–H and O–H groups in total. The van der Waals surface area contributed by atoms with E-state index in [-0.39, 0.29) is 17.1 Å². The molecule has 0 saturated carbocycles.